The van der Waals surface area contributed by atoms with Crippen molar-refractivity contribution in [1.82, 2.24) is 9.78 Å². The summed E-state index contributed by atoms with van der Waals surface area (Å²) in [6, 6.07) is 0.537. The summed E-state index contributed by atoms with van der Waals surface area (Å²) in [5.41, 5.74) is 3.17. The van der Waals surface area contributed by atoms with Crippen molar-refractivity contribution in [1.29, 1.82) is 0 Å². The third-order valence-corrected chi connectivity index (χ3v) is 4.51. The normalized spacial score (nSPS) is 26.3. The Morgan fingerprint density at radius 1 is 1.33 bits per heavy atom. The topological polar surface area (TPSA) is 38.0 Å². The van der Waals surface area contributed by atoms with Gasteiger partial charge < -0.3 is 5.11 Å². The average Bonchev–Trinajstić information content (AvgIpc) is 2.64. The van der Waals surface area contributed by atoms with Crippen molar-refractivity contribution in [3.8, 4) is 0 Å². The largest absolute Gasteiger partial charge is 0.389 e. The SMILES string of the molecule is CCC1CCCCC1n1nc(C)c(C(C)O)c1C. The quantitative estimate of drug-likeness (QED) is 0.888. The first-order valence-corrected chi connectivity index (χ1v) is 7.29. The first-order chi connectivity index (χ1) is 8.56. The molecule has 1 aliphatic rings. The van der Waals surface area contributed by atoms with Gasteiger partial charge in [-0.3, -0.25) is 4.68 Å². The fraction of sp³-hybridized carbons (Fsp3) is 0.800. The van der Waals surface area contributed by atoms with Crippen molar-refractivity contribution >= 4 is 0 Å². The molecule has 0 aliphatic heterocycles. The molecule has 102 valence electrons. The third-order valence-electron chi connectivity index (χ3n) is 4.51. The minimum Gasteiger partial charge on any atom is -0.389 e. The lowest BCUT2D eigenvalue weighted by atomic mass is 9.83. The second-order valence-corrected chi connectivity index (χ2v) is 5.73. The maximum atomic E-state index is 9.87. The number of nitrogens with zero attached hydrogens (tertiary/aromatic N) is 2. The standard InChI is InChI=1S/C15H26N2O/c1-5-13-8-6-7-9-14(13)17-11(3)15(12(4)18)10(2)16-17/h12-14,18H,5-9H2,1-4H3. The van der Waals surface area contributed by atoms with Gasteiger partial charge in [0.1, 0.15) is 0 Å². The zero-order valence-corrected chi connectivity index (χ0v) is 12.1. The molecule has 1 heterocycles. The van der Waals surface area contributed by atoms with Crippen LogP contribution in [0.3, 0.4) is 0 Å². The molecule has 2 rings (SSSR count). The maximum absolute atomic E-state index is 9.87. The van der Waals surface area contributed by atoms with E-state index in [9.17, 15) is 5.11 Å². The molecule has 0 spiro atoms. The summed E-state index contributed by atoms with van der Waals surface area (Å²) < 4.78 is 2.20. The number of aliphatic hydroxyl groups excluding tert-OH is 1. The van der Waals surface area contributed by atoms with Crippen molar-refractivity contribution in [3.05, 3.63) is 17.0 Å². The van der Waals surface area contributed by atoms with E-state index in [1.54, 1.807) is 0 Å². The summed E-state index contributed by atoms with van der Waals surface area (Å²) in [6.45, 7) is 8.22. The van der Waals surface area contributed by atoms with Gasteiger partial charge in [-0.15, -0.1) is 0 Å². The van der Waals surface area contributed by atoms with E-state index in [2.05, 4.69) is 18.5 Å². The lowest BCUT2D eigenvalue weighted by Gasteiger charge is -2.32. The van der Waals surface area contributed by atoms with Gasteiger partial charge in [0.05, 0.1) is 17.8 Å². The van der Waals surface area contributed by atoms with Gasteiger partial charge in [-0.05, 0) is 39.5 Å². The minimum atomic E-state index is -0.414. The first kappa shape index (κ1) is 13.6. The molecule has 1 saturated carbocycles. The lowest BCUT2D eigenvalue weighted by molar-refractivity contribution is 0.194. The molecule has 3 nitrogen and oxygen atoms in total. The Kier molecular flexibility index (Phi) is 4.10. The van der Waals surface area contributed by atoms with Gasteiger partial charge in [-0.25, -0.2) is 0 Å². The molecule has 0 bridgehead atoms. The number of aryl methyl sites for hydroxylation is 1. The van der Waals surface area contributed by atoms with Crippen LogP contribution in [0, 0.1) is 19.8 Å². The zero-order chi connectivity index (χ0) is 13.3. The van der Waals surface area contributed by atoms with Crippen LogP contribution >= 0.6 is 0 Å². The van der Waals surface area contributed by atoms with Crippen molar-refractivity contribution in [2.75, 3.05) is 0 Å². The van der Waals surface area contributed by atoms with Crippen LogP contribution in [0.2, 0.25) is 0 Å². The van der Waals surface area contributed by atoms with Crippen molar-refractivity contribution < 1.29 is 5.11 Å². The van der Waals surface area contributed by atoms with Crippen LogP contribution in [-0.4, -0.2) is 14.9 Å². The number of rotatable bonds is 3. The van der Waals surface area contributed by atoms with E-state index in [1.165, 1.54) is 32.1 Å². The molecule has 1 aromatic heterocycles. The highest BCUT2D eigenvalue weighted by atomic mass is 16.3. The second-order valence-electron chi connectivity index (χ2n) is 5.73. The van der Waals surface area contributed by atoms with E-state index in [1.807, 2.05) is 13.8 Å². The monoisotopic (exact) mass is 250 g/mol. The fourth-order valence-electron chi connectivity index (χ4n) is 3.59. The molecule has 3 heteroatoms. The number of hydrogen-bond acceptors (Lipinski definition) is 2. The van der Waals surface area contributed by atoms with Gasteiger partial charge in [-0.1, -0.05) is 26.2 Å². The van der Waals surface area contributed by atoms with E-state index in [0.29, 0.717) is 6.04 Å². The number of aromatic nitrogens is 2. The summed E-state index contributed by atoms with van der Waals surface area (Å²) in [7, 11) is 0. The van der Waals surface area contributed by atoms with Crippen LogP contribution in [0.1, 0.15) is 75.0 Å². The summed E-state index contributed by atoms with van der Waals surface area (Å²) in [5, 5.41) is 14.6. The highest BCUT2D eigenvalue weighted by molar-refractivity contribution is 5.27. The van der Waals surface area contributed by atoms with E-state index >= 15 is 0 Å². The van der Waals surface area contributed by atoms with Crippen LogP contribution in [0.15, 0.2) is 0 Å². The Labute approximate surface area is 110 Å². The molecule has 1 N–H and O–H groups in total. The molecule has 0 saturated heterocycles. The highest BCUT2D eigenvalue weighted by Gasteiger charge is 2.28. The van der Waals surface area contributed by atoms with Gasteiger partial charge in [-0.2, -0.15) is 5.10 Å². The van der Waals surface area contributed by atoms with Crippen LogP contribution in [-0.2, 0) is 0 Å². The smallest absolute Gasteiger partial charge is 0.0797 e. The van der Waals surface area contributed by atoms with Crippen LogP contribution in [0.25, 0.3) is 0 Å². The van der Waals surface area contributed by atoms with E-state index in [-0.39, 0.29) is 0 Å². The predicted molar refractivity (Wildman–Crippen MR) is 73.6 cm³/mol. The van der Waals surface area contributed by atoms with E-state index in [4.69, 9.17) is 5.10 Å². The minimum absolute atomic E-state index is 0.414. The first-order valence-electron chi connectivity index (χ1n) is 7.29. The molecular formula is C15H26N2O. The summed E-state index contributed by atoms with van der Waals surface area (Å²) in [6.07, 6.45) is 6.04. The van der Waals surface area contributed by atoms with Crippen molar-refractivity contribution in [3.63, 3.8) is 0 Å². The van der Waals surface area contributed by atoms with Gasteiger partial charge >= 0.3 is 0 Å². The molecule has 1 aromatic rings. The number of aliphatic hydroxyl groups is 1. The van der Waals surface area contributed by atoms with E-state index in [0.717, 1.165) is 22.9 Å². The highest BCUT2D eigenvalue weighted by Crippen LogP contribution is 2.37. The second kappa shape index (κ2) is 5.43. The average molecular weight is 250 g/mol. The predicted octanol–water partition coefficient (Wildman–Crippen LogP) is 3.69. The Morgan fingerprint density at radius 3 is 2.56 bits per heavy atom. The molecule has 0 aromatic carbocycles. The van der Waals surface area contributed by atoms with E-state index < -0.39 is 6.10 Å². The molecule has 3 atom stereocenters. The lowest BCUT2D eigenvalue weighted by Crippen LogP contribution is -2.24. The van der Waals surface area contributed by atoms with Crippen LogP contribution in [0.4, 0.5) is 0 Å². The maximum Gasteiger partial charge on any atom is 0.0797 e. The summed E-state index contributed by atoms with van der Waals surface area (Å²) >= 11 is 0. The molecule has 18 heavy (non-hydrogen) atoms. The number of hydrogen-bond donors (Lipinski definition) is 1. The van der Waals surface area contributed by atoms with Gasteiger partial charge in [0.25, 0.3) is 0 Å². The zero-order valence-electron chi connectivity index (χ0n) is 12.1. The molecule has 3 unspecified atom stereocenters. The van der Waals surface area contributed by atoms with Gasteiger partial charge in [0.2, 0.25) is 0 Å². The van der Waals surface area contributed by atoms with Gasteiger partial charge in [0.15, 0.2) is 0 Å². The Balaban J connectivity index is 2.35. The Hall–Kier alpha value is -0.830. The van der Waals surface area contributed by atoms with Crippen molar-refractivity contribution in [2.45, 2.75) is 71.9 Å². The Bertz CT molecular complexity index is 409. The van der Waals surface area contributed by atoms with Crippen LogP contribution in [0.5, 0.6) is 0 Å². The molecular weight excluding hydrogens is 224 g/mol. The summed E-state index contributed by atoms with van der Waals surface area (Å²) in [4.78, 5) is 0. The molecule has 1 fully saturated rings. The molecule has 1 aliphatic carbocycles. The summed E-state index contributed by atoms with van der Waals surface area (Å²) in [5.74, 6) is 0.749. The Morgan fingerprint density at radius 2 is 2.00 bits per heavy atom. The van der Waals surface area contributed by atoms with Crippen LogP contribution < -0.4 is 0 Å². The van der Waals surface area contributed by atoms with Gasteiger partial charge in [0, 0.05) is 11.3 Å². The van der Waals surface area contributed by atoms with Crippen molar-refractivity contribution in [2.24, 2.45) is 5.92 Å². The molecule has 0 radical (unpaired) electrons. The fourth-order valence-corrected chi connectivity index (χ4v) is 3.59. The third kappa shape index (κ3) is 2.33. The molecule has 0 amide bonds.